The minimum atomic E-state index is 0. The summed E-state index contributed by atoms with van der Waals surface area (Å²) in [6.07, 6.45) is 8.91. The van der Waals surface area contributed by atoms with Gasteiger partial charge in [-0.05, 0) is 50.9 Å². The Bertz CT molecular complexity index is 319. The minimum absolute atomic E-state index is 0. The van der Waals surface area contributed by atoms with Crippen LogP contribution in [0.3, 0.4) is 0 Å². The third kappa shape index (κ3) is 5.42. The molecule has 4 nitrogen and oxygen atoms in total. The molecule has 2 fully saturated rings. The number of hydrogen-bond donors (Lipinski definition) is 2. The normalized spacial score (nSPS) is 27.3. The van der Waals surface area contributed by atoms with Gasteiger partial charge in [-0.3, -0.25) is 4.79 Å². The fourth-order valence-electron chi connectivity index (χ4n) is 3.75. The Morgan fingerprint density at radius 3 is 2.62 bits per heavy atom. The van der Waals surface area contributed by atoms with Crippen LogP contribution in [0.25, 0.3) is 0 Å². The first kappa shape index (κ1) is 18.7. The van der Waals surface area contributed by atoms with Gasteiger partial charge in [0.2, 0.25) is 5.91 Å². The van der Waals surface area contributed by atoms with Crippen molar-refractivity contribution in [2.24, 2.45) is 17.1 Å². The molecular weight excluding hydrogens is 288 g/mol. The molecule has 2 rings (SSSR count). The van der Waals surface area contributed by atoms with Crippen molar-refractivity contribution in [2.75, 3.05) is 19.8 Å². The second-order valence-electron chi connectivity index (χ2n) is 6.64. The molecule has 2 unspecified atom stereocenters. The summed E-state index contributed by atoms with van der Waals surface area (Å²) in [5.74, 6) is 0.371. The summed E-state index contributed by atoms with van der Waals surface area (Å²) in [6.45, 7) is 4.46. The molecule has 2 aliphatic carbocycles. The van der Waals surface area contributed by atoms with E-state index in [0.29, 0.717) is 0 Å². The van der Waals surface area contributed by atoms with Crippen molar-refractivity contribution < 1.29 is 9.53 Å². The number of rotatable bonds is 7. The molecule has 0 bridgehead atoms. The Labute approximate surface area is 135 Å². The first-order valence-electron chi connectivity index (χ1n) is 8.26. The highest BCUT2D eigenvalue weighted by Gasteiger charge is 2.35. The van der Waals surface area contributed by atoms with Gasteiger partial charge in [-0.1, -0.05) is 12.8 Å². The van der Waals surface area contributed by atoms with Gasteiger partial charge in [0.05, 0.1) is 0 Å². The Morgan fingerprint density at radius 2 is 2.05 bits per heavy atom. The molecule has 0 aromatic heterocycles. The summed E-state index contributed by atoms with van der Waals surface area (Å²) in [5, 5.41) is 3.20. The molecular formula is C16H31ClN2O2. The van der Waals surface area contributed by atoms with Crippen molar-refractivity contribution in [3.05, 3.63) is 0 Å². The number of halogens is 1. The molecule has 2 saturated carbocycles. The lowest BCUT2D eigenvalue weighted by Crippen LogP contribution is -2.39. The predicted molar refractivity (Wildman–Crippen MR) is 87.6 cm³/mol. The smallest absolute Gasteiger partial charge is 0.223 e. The Morgan fingerprint density at radius 1 is 1.33 bits per heavy atom. The summed E-state index contributed by atoms with van der Waals surface area (Å²) in [4.78, 5) is 12.2. The van der Waals surface area contributed by atoms with Crippen LogP contribution < -0.4 is 11.1 Å². The number of carbonyl (C=O) groups is 1. The molecule has 0 heterocycles. The zero-order valence-corrected chi connectivity index (χ0v) is 14.1. The molecule has 3 N–H and O–H groups in total. The predicted octanol–water partition coefficient (Wildman–Crippen LogP) is 2.64. The van der Waals surface area contributed by atoms with Gasteiger partial charge in [-0.2, -0.15) is 0 Å². The molecule has 124 valence electrons. The fraction of sp³-hybridized carbons (Fsp3) is 0.938. The molecule has 0 spiro atoms. The van der Waals surface area contributed by atoms with E-state index >= 15 is 0 Å². The summed E-state index contributed by atoms with van der Waals surface area (Å²) in [6, 6.07) is 0.226. The highest BCUT2D eigenvalue weighted by molar-refractivity contribution is 5.85. The standard InChI is InChI=1S/C16H30N2O2.ClH/c1-2-20-10-9-16(7-3-4-8-16)12-18-15(19)13-5-6-14(17)11-13;/h13-14H,2-12,17H2,1H3,(H,18,19);1H. The van der Waals surface area contributed by atoms with Crippen LogP contribution >= 0.6 is 12.4 Å². The molecule has 21 heavy (non-hydrogen) atoms. The van der Waals surface area contributed by atoms with Gasteiger partial charge in [0, 0.05) is 31.7 Å². The van der Waals surface area contributed by atoms with E-state index in [2.05, 4.69) is 5.32 Å². The number of carbonyl (C=O) groups excluding carboxylic acids is 1. The molecule has 0 aromatic rings. The number of hydrogen-bond acceptors (Lipinski definition) is 3. The van der Waals surface area contributed by atoms with Crippen molar-refractivity contribution >= 4 is 18.3 Å². The number of ether oxygens (including phenoxy) is 1. The van der Waals surface area contributed by atoms with E-state index < -0.39 is 0 Å². The maximum Gasteiger partial charge on any atom is 0.223 e. The third-order valence-corrected chi connectivity index (χ3v) is 5.13. The van der Waals surface area contributed by atoms with Crippen LogP contribution in [0.15, 0.2) is 0 Å². The largest absolute Gasteiger partial charge is 0.382 e. The van der Waals surface area contributed by atoms with Crippen LogP contribution in [0.2, 0.25) is 0 Å². The monoisotopic (exact) mass is 318 g/mol. The van der Waals surface area contributed by atoms with E-state index in [0.717, 1.165) is 45.4 Å². The Hall–Kier alpha value is -0.320. The maximum absolute atomic E-state index is 12.2. The lowest BCUT2D eigenvalue weighted by Gasteiger charge is -2.29. The van der Waals surface area contributed by atoms with Gasteiger partial charge in [-0.25, -0.2) is 0 Å². The van der Waals surface area contributed by atoms with Crippen molar-refractivity contribution in [1.82, 2.24) is 5.32 Å². The number of amides is 1. The SMILES string of the molecule is CCOCCC1(CNC(=O)C2CCC(N)C2)CCCC1.Cl. The molecule has 1 amide bonds. The lowest BCUT2D eigenvalue weighted by molar-refractivity contribution is -0.125. The minimum Gasteiger partial charge on any atom is -0.382 e. The molecule has 2 aliphatic rings. The van der Waals surface area contributed by atoms with Crippen molar-refractivity contribution in [3.63, 3.8) is 0 Å². The topological polar surface area (TPSA) is 64.3 Å². The molecule has 0 aliphatic heterocycles. The van der Waals surface area contributed by atoms with Crippen molar-refractivity contribution in [3.8, 4) is 0 Å². The van der Waals surface area contributed by atoms with E-state index in [1.807, 2.05) is 6.92 Å². The van der Waals surface area contributed by atoms with Gasteiger partial charge < -0.3 is 15.8 Å². The van der Waals surface area contributed by atoms with Crippen molar-refractivity contribution in [2.45, 2.75) is 64.3 Å². The molecule has 2 atom stereocenters. The van der Waals surface area contributed by atoms with E-state index in [1.54, 1.807) is 0 Å². The van der Waals surface area contributed by atoms with Gasteiger partial charge >= 0.3 is 0 Å². The molecule has 5 heteroatoms. The molecule has 0 saturated heterocycles. The van der Waals surface area contributed by atoms with E-state index in [-0.39, 0.29) is 35.7 Å². The van der Waals surface area contributed by atoms with Crippen LogP contribution in [0, 0.1) is 11.3 Å². The third-order valence-electron chi connectivity index (χ3n) is 5.13. The van der Waals surface area contributed by atoms with E-state index in [9.17, 15) is 4.79 Å². The first-order chi connectivity index (χ1) is 9.65. The maximum atomic E-state index is 12.2. The second kappa shape index (κ2) is 8.96. The second-order valence-corrected chi connectivity index (χ2v) is 6.64. The summed E-state index contributed by atoms with van der Waals surface area (Å²) in [7, 11) is 0. The van der Waals surface area contributed by atoms with Crippen LogP contribution in [0.5, 0.6) is 0 Å². The highest BCUT2D eigenvalue weighted by Crippen LogP contribution is 2.40. The number of nitrogens with two attached hydrogens (primary N) is 1. The number of nitrogens with one attached hydrogen (secondary N) is 1. The van der Waals surface area contributed by atoms with Gasteiger partial charge in [0.25, 0.3) is 0 Å². The quantitative estimate of drug-likeness (QED) is 0.709. The highest BCUT2D eigenvalue weighted by atomic mass is 35.5. The van der Waals surface area contributed by atoms with Gasteiger partial charge in [-0.15, -0.1) is 12.4 Å². The van der Waals surface area contributed by atoms with E-state index in [4.69, 9.17) is 10.5 Å². The van der Waals surface area contributed by atoms with Gasteiger partial charge in [0.15, 0.2) is 0 Å². The Kier molecular flexibility index (Phi) is 7.99. The first-order valence-corrected chi connectivity index (χ1v) is 8.26. The van der Waals surface area contributed by atoms with Crippen LogP contribution in [-0.4, -0.2) is 31.7 Å². The molecule has 0 radical (unpaired) electrons. The fourth-order valence-corrected chi connectivity index (χ4v) is 3.75. The van der Waals surface area contributed by atoms with E-state index in [1.165, 1.54) is 25.7 Å². The van der Waals surface area contributed by atoms with Crippen LogP contribution in [-0.2, 0) is 9.53 Å². The zero-order valence-electron chi connectivity index (χ0n) is 13.2. The van der Waals surface area contributed by atoms with Crippen molar-refractivity contribution in [1.29, 1.82) is 0 Å². The zero-order chi connectivity index (χ0) is 14.4. The lowest BCUT2D eigenvalue weighted by atomic mass is 9.82. The van der Waals surface area contributed by atoms with Gasteiger partial charge in [0.1, 0.15) is 0 Å². The summed E-state index contributed by atoms with van der Waals surface area (Å²) >= 11 is 0. The summed E-state index contributed by atoms with van der Waals surface area (Å²) in [5.41, 5.74) is 6.17. The van der Waals surface area contributed by atoms with Crippen LogP contribution in [0.1, 0.15) is 58.3 Å². The average Bonchev–Trinajstić information content (AvgIpc) is 3.06. The Balaban J connectivity index is 0.00000220. The summed E-state index contributed by atoms with van der Waals surface area (Å²) < 4.78 is 5.51. The average molecular weight is 319 g/mol. The van der Waals surface area contributed by atoms with Crippen LogP contribution in [0.4, 0.5) is 0 Å². The molecule has 0 aromatic carbocycles.